The van der Waals surface area contributed by atoms with E-state index in [4.69, 9.17) is 10.4 Å². The van der Waals surface area contributed by atoms with Gasteiger partial charge in [0.2, 0.25) is 0 Å². The van der Waals surface area contributed by atoms with Gasteiger partial charge in [0.15, 0.2) is 0 Å². The van der Waals surface area contributed by atoms with Crippen molar-refractivity contribution in [3.63, 3.8) is 0 Å². The monoisotopic (exact) mass is 99.1 g/mol. The molecule has 0 saturated carbocycles. The standard InChI is InChI=1S/C5H9NO/c1-4(3-6)5(2)7/h4-5,7H,1-2H3. The Morgan fingerprint density at radius 1 is 1.57 bits per heavy atom. The number of hydrogen-bond acceptors (Lipinski definition) is 2. The fourth-order valence-corrected chi connectivity index (χ4v) is 0.108. The Kier molecular flexibility index (Phi) is 2.39. The maximum Gasteiger partial charge on any atom is 0.0691 e. The molecule has 2 atom stereocenters. The minimum absolute atomic E-state index is 0.236. The predicted octanol–water partition coefficient (Wildman–Crippen LogP) is 0.527. The van der Waals surface area contributed by atoms with E-state index in [1.165, 1.54) is 0 Å². The third-order valence-electron chi connectivity index (χ3n) is 0.927. The fourth-order valence-electron chi connectivity index (χ4n) is 0.108. The van der Waals surface area contributed by atoms with Gasteiger partial charge < -0.3 is 5.11 Å². The molecule has 0 fully saturated rings. The van der Waals surface area contributed by atoms with Crippen molar-refractivity contribution in [2.45, 2.75) is 20.0 Å². The molecule has 0 aliphatic heterocycles. The first kappa shape index (κ1) is 6.45. The second kappa shape index (κ2) is 2.59. The summed E-state index contributed by atoms with van der Waals surface area (Å²) >= 11 is 0. The molecule has 0 aliphatic carbocycles. The van der Waals surface area contributed by atoms with Crippen LogP contribution in [0.25, 0.3) is 0 Å². The summed E-state index contributed by atoms with van der Waals surface area (Å²) in [6, 6.07) is 1.91. The van der Waals surface area contributed by atoms with E-state index in [1.807, 2.05) is 6.07 Å². The smallest absolute Gasteiger partial charge is 0.0691 e. The van der Waals surface area contributed by atoms with Crippen molar-refractivity contribution < 1.29 is 5.11 Å². The number of aliphatic hydroxyl groups excluding tert-OH is 1. The summed E-state index contributed by atoms with van der Waals surface area (Å²) < 4.78 is 0. The summed E-state index contributed by atoms with van der Waals surface area (Å²) in [4.78, 5) is 0. The molecule has 40 valence electrons. The lowest BCUT2D eigenvalue weighted by Crippen LogP contribution is -2.09. The van der Waals surface area contributed by atoms with Crippen LogP contribution in [0, 0.1) is 17.2 Å². The van der Waals surface area contributed by atoms with Gasteiger partial charge >= 0.3 is 0 Å². The van der Waals surface area contributed by atoms with E-state index in [-0.39, 0.29) is 5.92 Å². The predicted molar refractivity (Wildman–Crippen MR) is 26.5 cm³/mol. The summed E-state index contributed by atoms with van der Waals surface area (Å²) in [7, 11) is 0. The quantitative estimate of drug-likeness (QED) is 0.521. The SMILES string of the molecule is CC(O)C(C)C#N. The number of aliphatic hydroxyl groups is 1. The number of nitriles is 1. The molecule has 7 heavy (non-hydrogen) atoms. The highest BCUT2D eigenvalue weighted by atomic mass is 16.3. The normalized spacial score (nSPS) is 17.4. The molecule has 1 N–H and O–H groups in total. The van der Waals surface area contributed by atoms with E-state index in [2.05, 4.69) is 0 Å². The van der Waals surface area contributed by atoms with Crippen molar-refractivity contribution in [2.75, 3.05) is 0 Å². The first-order valence-electron chi connectivity index (χ1n) is 2.26. The fraction of sp³-hybridized carbons (Fsp3) is 0.800. The van der Waals surface area contributed by atoms with Crippen LogP contribution in [0.1, 0.15) is 13.8 Å². The lowest BCUT2D eigenvalue weighted by Gasteiger charge is -2.01. The maximum atomic E-state index is 8.60. The molecule has 2 nitrogen and oxygen atoms in total. The zero-order valence-corrected chi connectivity index (χ0v) is 4.55. The number of hydrogen-bond donors (Lipinski definition) is 1. The van der Waals surface area contributed by atoms with Crippen LogP contribution in [-0.2, 0) is 0 Å². The van der Waals surface area contributed by atoms with Gasteiger partial charge in [-0.15, -0.1) is 0 Å². The van der Waals surface area contributed by atoms with E-state index in [0.717, 1.165) is 0 Å². The molecule has 0 saturated heterocycles. The number of rotatable bonds is 1. The van der Waals surface area contributed by atoms with Crippen molar-refractivity contribution >= 4 is 0 Å². The molecule has 0 aromatic rings. The van der Waals surface area contributed by atoms with Gasteiger partial charge in [-0.05, 0) is 13.8 Å². The Balaban J connectivity index is 3.40. The van der Waals surface area contributed by atoms with Crippen LogP contribution in [0.4, 0.5) is 0 Å². The Morgan fingerprint density at radius 3 is 2.00 bits per heavy atom. The van der Waals surface area contributed by atoms with Crippen molar-refractivity contribution in [1.29, 1.82) is 5.26 Å². The molecular weight excluding hydrogens is 90.1 g/mol. The molecule has 0 aromatic carbocycles. The van der Waals surface area contributed by atoms with E-state index in [9.17, 15) is 0 Å². The molecule has 0 radical (unpaired) electrons. The van der Waals surface area contributed by atoms with Crippen molar-refractivity contribution in [2.24, 2.45) is 5.92 Å². The summed E-state index contributed by atoms with van der Waals surface area (Å²) in [6.07, 6.45) is -0.495. The summed E-state index contributed by atoms with van der Waals surface area (Å²) in [5, 5.41) is 16.7. The minimum Gasteiger partial charge on any atom is -0.392 e. The molecule has 0 rings (SSSR count). The lowest BCUT2D eigenvalue weighted by molar-refractivity contribution is 0.160. The van der Waals surface area contributed by atoms with Gasteiger partial charge in [0.05, 0.1) is 18.1 Å². The van der Waals surface area contributed by atoms with Crippen LogP contribution < -0.4 is 0 Å². The molecule has 0 aliphatic rings. The van der Waals surface area contributed by atoms with Gasteiger partial charge in [0.25, 0.3) is 0 Å². The molecule has 0 bridgehead atoms. The van der Waals surface area contributed by atoms with Crippen LogP contribution in [0.3, 0.4) is 0 Å². The van der Waals surface area contributed by atoms with Crippen molar-refractivity contribution in [3.05, 3.63) is 0 Å². The first-order valence-corrected chi connectivity index (χ1v) is 2.26. The molecular formula is C5H9NO. The molecule has 0 amide bonds. The second-order valence-electron chi connectivity index (χ2n) is 1.66. The largest absolute Gasteiger partial charge is 0.392 e. The highest BCUT2D eigenvalue weighted by Crippen LogP contribution is 1.96. The van der Waals surface area contributed by atoms with Crippen LogP contribution in [0.15, 0.2) is 0 Å². The molecule has 0 spiro atoms. The third kappa shape index (κ3) is 2.18. The number of nitrogens with zero attached hydrogens (tertiary/aromatic N) is 1. The average Bonchev–Trinajstić information content (AvgIpc) is 1.65. The lowest BCUT2D eigenvalue weighted by atomic mass is 10.1. The minimum atomic E-state index is -0.495. The summed E-state index contributed by atoms with van der Waals surface area (Å²) in [6.45, 7) is 3.29. The molecule has 2 unspecified atom stereocenters. The highest BCUT2D eigenvalue weighted by molar-refractivity contribution is 4.81. The van der Waals surface area contributed by atoms with Gasteiger partial charge in [0.1, 0.15) is 0 Å². The van der Waals surface area contributed by atoms with E-state index in [1.54, 1.807) is 13.8 Å². The zero-order chi connectivity index (χ0) is 5.86. The van der Waals surface area contributed by atoms with Crippen molar-refractivity contribution in [3.8, 4) is 6.07 Å². The van der Waals surface area contributed by atoms with Crippen LogP contribution in [0.5, 0.6) is 0 Å². The molecule has 0 aromatic heterocycles. The Bertz CT molecular complexity index is 82.6. The van der Waals surface area contributed by atoms with Crippen LogP contribution in [0.2, 0.25) is 0 Å². The Hall–Kier alpha value is -0.550. The van der Waals surface area contributed by atoms with E-state index in [0.29, 0.717) is 0 Å². The van der Waals surface area contributed by atoms with Gasteiger partial charge in [0, 0.05) is 0 Å². The first-order chi connectivity index (χ1) is 3.18. The second-order valence-corrected chi connectivity index (χ2v) is 1.66. The highest BCUT2D eigenvalue weighted by Gasteiger charge is 2.04. The van der Waals surface area contributed by atoms with Gasteiger partial charge in [-0.1, -0.05) is 0 Å². The van der Waals surface area contributed by atoms with Gasteiger partial charge in [-0.25, -0.2) is 0 Å². The Morgan fingerprint density at radius 2 is 2.00 bits per heavy atom. The summed E-state index contributed by atoms with van der Waals surface area (Å²) in [5.41, 5.74) is 0. The van der Waals surface area contributed by atoms with Crippen LogP contribution >= 0.6 is 0 Å². The topological polar surface area (TPSA) is 44.0 Å². The maximum absolute atomic E-state index is 8.60. The van der Waals surface area contributed by atoms with Crippen molar-refractivity contribution in [1.82, 2.24) is 0 Å². The third-order valence-corrected chi connectivity index (χ3v) is 0.927. The Labute approximate surface area is 43.4 Å². The van der Waals surface area contributed by atoms with Gasteiger partial charge in [-0.3, -0.25) is 0 Å². The van der Waals surface area contributed by atoms with E-state index < -0.39 is 6.10 Å². The zero-order valence-electron chi connectivity index (χ0n) is 4.55. The van der Waals surface area contributed by atoms with Crippen LogP contribution in [-0.4, -0.2) is 11.2 Å². The summed E-state index contributed by atoms with van der Waals surface area (Å²) in [5.74, 6) is -0.236. The molecule has 2 heteroatoms. The molecule has 0 heterocycles. The average molecular weight is 99.1 g/mol. The van der Waals surface area contributed by atoms with E-state index >= 15 is 0 Å². The van der Waals surface area contributed by atoms with Gasteiger partial charge in [-0.2, -0.15) is 5.26 Å².